The molecule has 1 nitrogen and oxygen atoms in total. The van der Waals surface area contributed by atoms with Gasteiger partial charge in [-0.2, -0.15) is 0 Å². The summed E-state index contributed by atoms with van der Waals surface area (Å²) in [6.07, 6.45) is 7.73. The molecular weight excluding hydrogens is 172 g/mol. The number of hydrogen-bond acceptors (Lipinski definition) is 1. The Morgan fingerprint density at radius 3 is 2.21 bits per heavy atom. The summed E-state index contributed by atoms with van der Waals surface area (Å²) in [5, 5.41) is 0. The van der Waals surface area contributed by atoms with Crippen LogP contribution in [0, 0.1) is 17.8 Å². The fourth-order valence-corrected chi connectivity index (χ4v) is 3.19. The highest BCUT2D eigenvalue weighted by Crippen LogP contribution is 2.39. The summed E-state index contributed by atoms with van der Waals surface area (Å²) >= 11 is 0. The predicted octanol–water partition coefficient (Wildman–Crippen LogP) is 3.35. The molecule has 0 aromatic rings. The topological polar surface area (TPSA) is 17.1 Å². The van der Waals surface area contributed by atoms with Crippen LogP contribution in [0.4, 0.5) is 0 Å². The Morgan fingerprint density at radius 1 is 1.07 bits per heavy atom. The van der Waals surface area contributed by atoms with Gasteiger partial charge in [-0.1, -0.05) is 19.4 Å². The van der Waals surface area contributed by atoms with Gasteiger partial charge in [-0.05, 0) is 49.5 Å². The summed E-state index contributed by atoms with van der Waals surface area (Å²) in [6.45, 7) is 4.69. The number of carbonyl (C=O) groups excluding carboxylic acids is 1. The van der Waals surface area contributed by atoms with E-state index in [1.807, 2.05) is 6.08 Å². The third kappa shape index (κ3) is 2.08. The molecule has 0 aromatic carbocycles. The van der Waals surface area contributed by atoms with Gasteiger partial charge in [-0.25, -0.2) is 0 Å². The fraction of sp³-hybridized carbons (Fsp3) is 0.769. The van der Waals surface area contributed by atoms with Crippen LogP contribution in [0.5, 0.6) is 0 Å². The minimum absolute atomic E-state index is 0.353. The maximum atomic E-state index is 11.2. The van der Waals surface area contributed by atoms with Crippen LogP contribution >= 0.6 is 0 Å². The SMILES string of the molecule is CC1CC(C)CC(C2=CC(=O)CC2)C1. The van der Waals surface area contributed by atoms with Crippen molar-refractivity contribution in [2.45, 2.75) is 46.0 Å². The second-order valence-corrected chi connectivity index (χ2v) is 5.30. The van der Waals surface area contributed by atoms with Gasteiger partial charge in [-0.15, -0.1) is 0 Å². The molecule has 0 spiro atoms. The van der Waals surface area contributed by atoms with Gasteiger partial charge in [-0.3, -0.25) is 4.79 Å². The van der Waals surface area contributed by atoms with Gasteiger partial charge in [0.15, 0.2) is 5.78 Å². The first-order valence-corrected chi connectivity index (χ1v) is 5.88. The van der Waals surface area contributed by atoms with E-state index in [4.69, 9.17) is 0 Å². The normalized spacial score (nSPS) is 38.6. The number of allylic oxidation sites excluding steroid dienone is 2. The Bertz CT molecular complexity index is 254. The minimum atomic E-state index is 0.353. The molecule has 0 bridgehead atoms. The molecular formula is C13H20O. The number of ketones is 1. The summed E-state index contributed by atoms with van der Waals surface area (Å²) in [6, 6.07) is 0. The largest absolute Gasteiger partial charge is 0.295 e. The molecule has 0 aromatic heterocycles. The lowest BCUT2D eigenvalue weighted by molar-refractivity contribution is -0.114. The highest BCUT2D eigenvalue weighted by atomic mass is 16.1. The van der Waals surface area contributed by atoms with Crippen LogP contribution in [0.2, 0.25) is 0 Å². The first kappa shape index (κ1) is 9.95. The van der Waals surface area contributed by atoms with Crippen LogP contribution in [0.25, 0.3) is 0 Å². The maximum Gasteiger partial charge on any atom is 0.155 e. The molecule has 0 N–H and O–H groups in total. The summed E-state index contributed by atoms with van der Waals surface area (Å²) in [5.41, 5.74) is 1.45. The summed E-state index contributed by atoms with van der Waals surface area (Å²) in [7, 11) is 0. The second-order valence-electron chi connectivity index (χ2n) is 5.30. The van der Waals surface area contributed by atoms with E-state index in [0.717, 1.165) is 30.6 Å². The standard InChI is InChI=1S/C13H20O/c1-9-5-10(2)7-12(6-9)11-3-4-13(14)8-11/h8-10,12H,3-7H2,1-2H3. The molecule has 1 heteroatoms. The Balaban J connectivity index is 2.03. The number of hydrogen-bond donors (Lipinski definition) is 0. The van der Waals surface area contributed by atoms with Crippen LogP contribution in [0.3, 0.4) is 0 Å². The third-order valence-electron chi connectivity index (χ3n) is 3.71. The molecule has 1 saturated carbocycles. The van der Waals surface area contributed by atoms with Gasteiger partial charge in [0.1, 0.15) is 0 Å². The molecule has 78 valence electrons. The maximum absolute atomic E-state index is 11.2. The van der Waals surface area contributed by atoms with E-state index in [2.05, 4.69) is 13.8 Å². The summed E-state index contributed by atoms with van der Waals surface area (Å²) in [4.78, 5) is 11.2. The van der Waals surface area contributed by atoms with E-state index in [9.17, 15) is 4.79 Å². The van der Waals surface area contributed by atoms with E-state index in [1.54, 1.807) is 0 Å². The Kier molecular flexibility index (Phi) is 2.76. The van der Waals surface area contributed by atoms with Crippen molar-refractivity contribution in [2.75, 3.05) is 0 Å². The van der Waals surface area contributed by atoms with Crippen molar-refractivity contribution in [1.29, 1.82) is 0 Å². The molecule has 2 aliphatic rings. The second kappa shape index (κ2) is 3.88. The van der Waals surface area contributed by atoms with Crippen molar-refractivity contribution in [2.24, 2.45) is 17.8 Å². The van der Waals surface area contributed by atoms with Crippen molar-refractivity contribution >= 4 is 5.78 Å². The summed E-state index contributed by atoms with van der Waals surface area (Å²) in [5.74, 6) is 2.77. The van der Waals surface area contributed by atoms with Gasteiger partial charge in [0, 0.05) is 6.42 Å². The zero-order chi connectivity index (χ0) is 10.1. The molecule has 2 atom stereocenters. The molecule has 1 fully saturated rings. The molecule has 0 amide bonds. The van der Waals surface area contributed by atoms with E-state index in [1.165, 1.54) is 24.8 Å². The lowest BCUT2D eigenvalue weighted by atomic mass is 9.73. The van der Waals surface area contributed by atoms with Crippen molar-refractivity contribution in [3.8, 4) is 0 Å². The monoisotopic (exact) mass is 192 g/mol. The molecule has 2 rings (SSSR count). The van der Waals surface area contributed by atoms with Crippen LogP contribution in [0.1, 0.15) is 46.0 Å². The van der Waals surface area contributed by atoms with E-state index in [0.29, 0.717) is 5.78 Å². The molecule has 2 aliphatic carbocycles. The molecule has 0 radical (unpaired) electrons. The lowest BCUT2D eigenvalue weighted by Crippen LogP contribution is -2.20. The third-order valence-corrected chi connectivity index (χ3v) is 3.71. The zero-order valence-electron chi connectivity index (χ0n) is 9.25. The molecule has 0 saturated heterocycles. The van der Waals surface area contributed by atoms with Crippen molar-refractivity contribution in [3.05, 3.63) is 11.6 Å². The predicted molar refractivity (Wildman–Crippen MR) is 58.0 cm³/mol. The molecule has 0 aliphatic heterocycles. The zero-order valence-corrected chi connectivity index (χ0v) is 9.25. The number of rotatable bonds is 1. The Hall–Kier alpha value is -0.590. The number of carbonyl (C=O) groups is 1. The van der Waals surface area contributed by atoms with Gasteiger partial charge < -0.3 is 0 Å². The van der Waals surface area contributed by atoms with E-state index < -0.39 is 0 Å². The van der Waals surface area contributed by atoms with Gasteiger partial charge in [0.2, 0.25) is 0 Å². The van der Waals surface area contributed by atoms with Crippen molar-refractivity contribution in [3.63, 3.8) is 0 Å². The van der Waals surface area contributed by atoms with Crippen LogP contribution in [0.15, 0.2) is 11.6 Å². The first-order chi connectivity index (χ1) is 6.65. The molecule has 2 unspecified atom stereocenters. The fourth-order valence-electron chi connectivity index (χ4n) is 3.19. The highest BCUT2D eigenvalue weighted by molar-refractivity contribution is 5.93. The quantitative estimate of drug-likeness (QED) is 0.622. The minimum Gasteiger partial charge on any atom is -0.295 e. The van der Waals surface area contributed by atoms with Gasteiger partial charge >= 0.3 is 0 Å². The Labute approximate surface area is 86.6 Å². The first-order valence-electron chi connectivity index (χ1n) is 5.88. The average molecular weight is 192 g/mol. The van der Waals surface area contributed by atoms with Gasteiger partial charge in [0.25, 0.3) is 0 Å². The van der Waals surface area contributed by atoms with Crippen molar-refractivity contribution in [1.82, 2.24) is 0 Å². The Morgan fingerprint density at radius 2 is 1.71 bits per heavy atom. The van der Waals surface area contributed by atoms with E-state index >= 15 is 0 Å². The summed E-state index contributed by atoms with van der Waals surface area (Å²) < 4.78 is 0. The molecule has 0 heterocycles. The highest BCUT2D eigenvalue weighted by Gasteiger charge is 2.28. The van der Waals surface area contributed by atoms with E-state index in [-0.39, 0.29) is 0 Å². The smallest absolute Gasteiger partial charge is 0.155 e. The average Bonchev–Trinajstić information content (AvgIpc) is 2.50. The lowest BCUT2D eigenvalue weighted by Gasteiger charge is -2.32. The van der Waals surface area contributed by atoms with Gasteiger partial charge in [0.05, 0.1) is 0 Å². The molecule has 14 heavy (non-hydrogen) atoms. The van der Waals surface area contributed by atoms with Crippen LogP contribution in [-0.2, 0) is 4.79 Å². The van der Waals surface area contributed by atoms with Crippen molar-refractivity contribution < 1.29 is 4.79 Å². The van der Waals surface area contributed by atoms with Crippen LogP contribution in [-0.4, -0.2) is 5.78 Å². The van der Waals surface area contributed by atoms with Crippen LogP contribution < -0.4 is 0 Å².